The Morgan fingerprint density at radius 3 is 2.73 bits per heavy atom. The summed E-state index contributed by atoms with van der Waals surface area (Å²) in [4.78, 5) is 28.5. The maximum Gasteiger partial charge on any atom is 0.275 e. The van der Waals surface area contributed by atoms with Crippen molar-refractivity contribution in [3.63, 3.8) is 0 Å². The highest BCUT2D eigenvalue weighted by Crippen LogP contribution is 2.27. The fourth-order valence-corrected chi connectivity index (χ4v) is 4.20. The van der Waals surface area contributed by atoms with E-state index in [4.69, 9.17) is 0 Å². The lowest BCUT2D eigenvalue weighted by Crippen LogP contribution is -2.27. The lowest BCUT2D eigenvalue weighted by atomic mass is 10.0. The van der Waals surface area contributed by atoms with Gasteiger partial charge in [-0.05, 0) is 54.9 Å². The standard InChI is InChI=1S/C20H25N3O2S/c1-12(2)9-17(21-13(3)24)20-23-18(11-26-20)19(25)22-16-8-7-14-5-4-6-15(14)10-16/h7-8,10-12,17H,4-6,9H2,1-3H3,(H,21,24)(H,22,25)/t17-/m1/s1. The maximum absolute atomic E-state index is 12.5. The predicted molar refractivity (Wildman–Crippen MR) is 105 cm³/mol. The van der Waals surface area contributed by atoms with E-state index in [1.54, 1.807) is 5.38 Å². The predicted octanol–water partition coefficient (Wildman–Crippen LogP) is 4.11. The molecule has 0 unspecified atom stereocenters. The first-order valence-electron chi connectivity index (χ1n) is 9.08. The molecule has 0 saturated carbocycles. The molecule has 0 fully saturated rings. The number of anilines is 1. The van der Waals surface area contributed by atoms with Gasteiger partial charge in [-0.15, -0.1) is 11.3 Å². The third kappa shape index (κ3) is 4.49. The fourth-order valence-electron chi connectivity index (χ4n) is 3.33. The third-order valence-electron chi connectivity index (χ3n) is 4.49. The minimum absolute atomic E-state index is 0.0880. The largest absolute Gasteiger partial charge is 0.347 e. The Hall–Kier alpha value is -2.21. The van der Waals surface area contributed by atoms with Crippen molar-refractivity contribution in [2.75, 3.05) is 5.32 Å². The van der Waals surface area contributed by atoms with Gasteiger partial charge in [-0.2, -0.15) is 0 Å². The summed E-state index contributed by atoms with van der Waals surface area (Å²) in [6, 6.07) is 5.96. The number of hydrogen-bond donors (Lipinski definition) is 2. The molecule has 26 heavy (non-hydrogen) atoms. The lowest BCUT2D eigenvalue weighted by molar-refractivity contribution is -0.119. The fraction of sp³-hybridized carbons (Fsp3) is 0.450. The second-order valence-electron chi connectivity index (χ2n) is 7.24. The van der Waals surface area contributed by atoms with Crippen molar-refractivity contribution in [2.24, 2.45) is 5.92 Å². The Morgan fingerprint density at radius 2 is 2.00 bits per heavy atom. The van der Waals surface area contributed by atoms with Crippen LogP contribution in [-0.4, -0.2) is 16.8 Å². The van der Waals surface area contributed by atoms with Gasteiger partial charge in [0.2, 0.25) is 5.91 Å². The number of rotatable bonds is 6. The maximum atomic E-state index is 12.5. The molecule has 1 heterocycles. The van der Waals surface area contributed by atoms with Gasteiger partial charge in [0.25, 0.3) is 5.91 Å². The van der Waals surface area contributed by atoms with E-state index in [-0.39, 0.29) is 17.9 Å². The average molecular weight is 372 g/mol. The summed E-state index contributed by atoms with van der Waals surface area (Å²) in [6.07, 6.45) is 4.18. The van der Waals surface area contributed by atoms with E-state index in [2.05, 4.69) is 41.6 Å². The Morgan fingerprint density at radius 1 is 1.23 bits per heavy atom. The van der Waals surface area contributed by atoms with E-state index in [1.165, 1.54) is 35.8 Å². The van der Waals surface area contributed by atoms with Crippen LogP contribution in [0.5, 0.6) is 0 Å². The monoisotopic (exact) mass is 371 g/mol. The molecule has 1 aromatic carbocycles. The van der Waals surface area contributed by atoms with Crippen molar-refractivity contribution in [3.8, 4) is 0 Å². The number of amides is 2. The molecular weight excluding hydrogens is 346 g/mol. The van der Waals surface area contributed by atoms with Crippen LogP contribution < -0.4 is 10.6 Å². The molecule has 1 atom stereocenters. The quantitative estimate of drug-likeness (QED) is 0.803. The van der Waals surface area contributed by atoms with Gasteiger partial charge in [0, 0.05) is 18.0 Å². The number of carbonyl (C=O) groups is 2. The van der Waals surface area contributed by atoms with E-state index < -0.39 is 0 Å². The molecule has 0 saturated heterocycles. The molecular formula is C20H25N3O2S. The number of hydrogen-bond acceptors (Lipinski definition) is 4. The Labute approximate surface area is 158 Å². The van der Waals surface area contributed by atoms with Gasteiger partial charge >= 0.3 is 0 Å². The molecule has 2 amide bonds. The van der Waals surface area contributed by atoms with E-state index >= 15 is 0 Å². The van der Waals surface area contributed by atoms with Crippen LogP contribution in [0.4, 0.5) is 5.69 Å². The van der Waals surface area contributed by atoms with Crippen LogP contribution in [0, 0.1) is 5.92 Å². The molecule has 5 nitrogen and oxygen atoms in total. The first-order valence-corrected chi connectivity index (χ1v) is 9.96. The first kappa shape index (κ1) is 18.6. The van der Waals surface area contributed by atoms with Gasteiger partial charge in [0.15, 0.2) is 0 Å². The summed E-state index contributed by atoms with van der Waals surface area (Å²) in [7, 11) is 0. The van der Waals surface area contributed by atoms with Crippen LogP contribution >= 0.6 is 11.3 Å². The molecule has 0 bridgehead atoms. The zero-order chi connectivity index (χ0) is 18.7. The van der Waals surface area contributed by atoms with Gasteiger partial charge in [0.05, 0.1) is 6.04 Å². The Bertz CT molecular complexity index is 813. The van der Waals surface area contributed by atoms with Crippen LogP contribution in [0.15, 0.2) is 23.6 Å². The van der Waals surface area contributed by atoms with Crippen LogP contribution in [0.3, 0.4) is 0 Å². The van der Waals surface area contributed by atoms with Crippen LogP contribution in [0.2, 0.25) is 0 Å². The molecule has 2 N–H and O–H groups in total. The second-order valence-corrected chi connectivity index (χ2v) is 8.13. The summed E-state index contributed by atoms with van der Waals surface area (Å²) in [5, 5.41) is 8.40. The average Bonchev–Trinajstić information content (AvgIpc) is 3.22. The molecule has 3 rings (SSSR count). The number of nitrogens with one attached hydrogen (secondary N) is 2. The topological polar surface area (TPSA) is 71.1 Å². The molecule has 0 aliphatic heterocycles. The minimum atomic E-state index is -0.212. The van der Waals surface area contributed by atoms with E-state index in [1.807, 2.05) is 6.07 Å². The summed E-state index contributed by atoms with van der Waals surface area (Å²) in [5.74, 6) is 0.117. The van der Waals surface area contributed by atoms with Gasteiger partial charge in [-0.3, -0.25) is 9.59 Å². The van der Waals surface area contributed by atoms with Crippen molar-refractivity contribution in [1.29, 1.82) is 0 Å². The van der Waals surface area contributed by atoms with Crippen molar-refractivity contribution in [2.45, 2.75) is 52.5 Å². The number of fused-ring (bicyclic) bond motifs is 1. The molecule has 2 aromatic rings. The summed E-state index contributed by atoms with van der Waals surface area (Å²) in [6.45, 7) is 5.70. The molecule has 1 aliphatic carbocycles. The summed E-state index contributed by atoms with van der Waals surface area (Å²) >= 11 is 1.41. The summed E-state index contributed by atoms with van der Waals surface area (Å²) in [5.41, 5.74) is 3.91. The van der Waals surface area contributed by atoms with Crippen LogP contribution in [0.25, 0.3) is 0 Å². The zero-order valence-corrected chi connectivity index (χ0v) is 16.3. The van der Waals surface area contributed by atoms with E-state index in [9.17, 15) is 9.59 Å². The van der Waals surface area contributed by atoms with E-state index in [0.29, 0.717) is 11.6 Å². The number of benzene rings is 1. The number of nitrogens with zero attached hydrogens (tertiary/aromatic N) is 1. The zero-order valence-electron chi connectivity index (χ0n) is 15.5. The minimum Gasteiger partial charge on any atom is -0.347 e. The van der Waals surface area contributed by atoms with Crippen LogP contribution in [-0.2, 0) is 17.6 Å². The number of carbonyl (C=O) groups excluding carboxylic acids is 2. The Balaban J connectivity index is 1.71. The highest BCUT2D eigenvalue weighted by molar-refractivity contribution is 7.10. The van der Waals surface area contributed by atoms with Crippen molar-refractivity contribution in [1.82, 2.24) is 10.3 Å². The molecule has 1 aliphatic rings. The van der Waals surface area contributed by atoms with Gasteiger partial charge < -0.3 is 10.6 Å². The van der Waals surface area contributed by atoms with Gasteiger partial charge in [0.1, 0.15) is 10.7 Å². The smallest absolute Gasteiger partial charge is 0.275 e. The molecule has 0 spiro atoms. The lowest BCUT2D eigenvalue weighted by Gasteiger charge is -2.17. The van der Waals surface area contributed by atoms with E-state index in [0.717, 1.165) is 30.0 Å². The number of thiazole rings is 1. The number of aromatic nitrogens is 1. The SMILES string of the molecule is CC(=O)N[C@H](CC(C)C)c1nc(C(=O)Nc2ccc3c(c2)CCC3)cs1. The third-order valence-corrected chi connectivity index (χ3v) is 5.45. The van der Waals surface area contributed by atoms with Crippen molar-refractivity contribution < 1.29 is 9.59 Å². The molecule has 1 aromatic heterocycles. The van der Waals surface area contributed by atoms with Gasteiger partial charge in [-0.1, -0.05) is 19.9 Å². The van der Waals surface area contributed by atoms with Gasteiger partial charge in [-0.25, -0.2) is 4.98 Å². The molecule has 138 valence electrons. The number of aryl methyl sites for hydroxylation is 2. The normalized spacial score (nSPS) is 14.2. The molecule has 6 heteroatoms. The van der Waals surface area contributed by atoms with Crippen molar-refractivity contribution in [3.05, 3.63) is 45.4 Å². The first-order chi connectivity index (χ1) is 12.4. The summed E-state index contributed by atoms with van der Waals surface area (Å²) < 4.78 is 0. The molecule has 0 radical (unpaired) electrons. The highest BCUT2D eigenvalue weighted by Gasteiger charge is 2.20. The van der Waals surface area contributed by atoms with Crippen molar-refractivity contribution >= 4 is 28.8 Å². The Kier molecular flexibility index (Phi) is 5.71. The second kappa shape index (κ2) is 7.99. The van der Waals surface area contributed by atoms with Crippen LogP contribution in [0.1, 0.15) is 66.3 Å². The highest BCUT2D eigenvalue weighted by atomic mass is 32.1.